The maximum atomic E-state index is 12.3. The summed E-state index contributed by atoms with van der Waals surface area (Å²) in [4.78, 5) is 12.3. The quantitative estimate of drug-likeness (QED) is 0.292. The van der Waals surface area contributed by atoms with Crippen LogP contribution in [-0.2, 0) is 9.53 Å². The Kier molecular flexibility index (Phi) is 9.67. The van der Waals surface area contributed by atoms with Gasteiger partial charge in [0.25, 0.3) is 5.88 Å². The van der Waals surface area contributed by atoms with E-state index in [-0.39, 0.29) is 0 Å². The molecule has 1 aliphatic heterocycles. The molecule has 1 aromatic rings. The highest BCUT2D eigenvalue weighted by molar-refractivity contribution is 6.99. The van der Waals surface area contributed by atoms with Gasteiger partial charge in [-0.25, -0.2) is 0 Å². The Morgan fingerprint density at radius 2 is 2.10 bits per heavy atom. The van der Waals surface area contributed by atoms with Crippen molar-refractivity contribution in [3.8, 4) is 5.88 Å². The van der Waals surface area contributed by atoms with Crippen LogP contribution in [0.3, 0.4) is 0 Å². The second-order valence-corrected chi connectivity index (χ2v) is 8.77. The lowest BCUT2D eigenvalue weighted by Gasteiger charge is -2.41. The van der Waals surface area contributed by atoms with Crippen LogP contribution in [0.5, 0.6) is 5.88 Å². The Morgan fingerprint density at radius 1 is 1.33 bits per heavy atom. The number of nitrogens with zero attached hydrogens (tertiary/aromatic N) is 3. The third kappa shape index (κ3) is 6.47. The highest BCUT2D eigenvalue weighted by Gasteiger charge is 2.38. The molecule has 0 fully saturated rings. The van der Waals surface area contributed by atoms with Crippen molar-refractivity contribution in [2.45, 2.75) is 77.7 Å². The number of hydrogen-bond donors (Lipinski definition) is 2. The van der Waals surface area contributed by atoms with Crippen molar-refractivity contribution in [3.05, 3.63) is 11.8 Å². The molecule has 0 spiro atoms. The molecule has 30 heavy (non-hydrogen) atoms. The number of aromatic nitrogens is 2. The molecule has 0 bridgehead atoms. The van der Waals surface area contributed by atoms with E-state index >= 15 is 0 Å². The smallest absolute Gasteiger partial charge is 0.330 e. The van der Waals surface area contributed by atoms with Gasteiger partial charge in [-0.1, -0.05) is 39.2 Å². The Bertz CT molecular complexity index is 711. The molecular formula is C21H37N4O4S+. The Hall–Kier alpha value is -1.55. The van der Waals surface area contributed by atoms with Gasteiger partial charge < -0.3 is 20.3 Å². The topological polar surface area (TPSA) is 108 Å². The van der Waals surface area contributed by atoms with Gasteiger partial charge in [0.1, 0.15) is 18.3 Å². The lowest BCUT2D eigenvalue weighted by atomic mass is 10.0. The van der Waals surface area contributed by atoms with E-state index in [0.29, 0.717) is 29.9 Å². The van der Waals surface area contributed by atoms with Crippen LogP contribution in [0.2, 0.25) is 0 Å². The third-order valence-corrected chi connectivity index (χ3v) is 6.34. The zero-order valence-corrected chi connectivity index (χ0v) is 19.5. The van der Waals surface area contributed by atoms with Crippen LogP contribution < -0.4 is 10.5 Å². The van der Waals surface area contributed by atoms with Crippen LogP contribution in [0.4, 0.5) is 0 Å². The maximum Gasteiger partial charge on any atom is 0.330 e. The summed E-state index contributed by atoms with van der Waals surface area (Å²) in [5.41, 5.74) is 7.66. The predicted octanol–water partition coefficient (Wildman–Crippen LogP) is 2.72. The zero-order chi connectivity index (χ0) is 22.1. The number of likely N-dealkylation sites (N-methyl/N-ethyl adjacent to an activating group) is 1. The van der Waals surface area contributed by atoms with E-state index < -0.39 is 24.3 Å². The summed E-state index contributed by atoms with van der Waals surface area (Å²) in [5.74, 6) is 0.0210. The Labute approximate surface area is 184 Å². The number of aliphatic hydroxyl groups is 1. The molecule has 1 aliphatic rings. The van der Waals surface area contributed by atoms with Gasteiger partial charge in [-0.2, -0.15) is 4.37 Å². The van der Waals surface area contributed by atoms with Crippen LogP contribution in [0.15, 0.2) is 6.08 Å². The minimum absolute atomic E-state index is 0.402. The fraction of sp³-hybridized carbons (Fsp3) is 0.762. The molecule has 2 rings (SSSR count). The molecule has 0 radical (unpaired) electrons. The number of aliphatic hydroxyl groups excluding tert-OH is 1. The summed E-state index contributed by atoms with van der Waals surface area (Å²) in [7, 11) is 2.05. The minimum atomic E-state index is -1.03. The van der Waals surface area contributed by atoms with E-state index in [2.05, 4.69) is 28.8 Å². The van der Waals surface area contributed by atoms with E-state index in [1.54, 1.807) is 6.92 Å². The summed E-state index contributed by atoms with van der Waals surface area (Å²) in [6, 6.07) is -1.03. The highest BCUT2D eigenvalue weighted by Crippen LogP contribution is 2.31. The number of unbranched alkanes of at least 4 members (excludes halogenated alkanes) is 3. The normalized spacial score (nSPS) is 22.1. The number of esters is 1. The maximum absolute atomic E-state index is 12.3. The average molecular weight is 442 g/mol. The third-order valence-electron chi connectivity index (χ3n) is 5.83. The average Bonchev–Trinajstić information content (AvgIpc) is 3.21. The number of quaternary nitrogens is 1. The van der Waals surface area contributed by atoms with Crippen molar-refractivity contribution in [1.82, 2.24) is 8.75 Å². The van der Waals surface area contributed by atoms with Crippen molar-refractivity contribution in [2.24, 2.45) is 5.73 Å². The van der Waals surface area contributed by atoms with Crippen LogP contribution in [0.25, 0.3) is 5.57 Å². The van der Waals surface area contributed by atoms with Gasteiger partial charge in [0.05, 0.1) is 38.0 Å². The fourth-order valence-corrected chi connectivity index (χ4v) is 4.03. The predicted molar refractivity (Wildman–Crippen MR) is 118 cm³/mol. The molecular weight excluding hydrogens is 404 g/mol. The van der Waals surface area contributed by atoms with Gasteiger partial charge in [-0.15, -0.1) is 4.37 Å². The molecule has 9 heteroatoms. The summed E-state index contributed by atoms with van der Waals surface area (Å²) < 4.78 is 20.8. The summed E-state index contributed by atoms with van der Waals surface area (Å²) in [6.07, 6.45) is 6.67. The molecule has 1 unspecified atom stereocenters. The fourth-order valence-electron chi connectivity index (χ4n) is 3.50. The second-order valence-electron chi connectivity index (χ2n) is 8.24. The molecule has 8 nitrogen and oxygen atoms in total. The standard InChI is InChI=1S/C21H37N4O4S/c1-5-7-8-9-13-28-20-19(23-30-24-20)16-11-10-12-25(4,14-16)15(3)29-21(27)18(22)17(26)6-2/h11,15,17-18,26H,5-10,12-14,22H2,1-4H3/q+1/t15-,17-,18+,25?/m1/s1. The van der Waals surface area contributed by atoms with E-state index in [1.165, 1.54) is 12.8 Å². The van der Waals surface area contributed by atoms with Crippen LogP contribution in [0.1, 0.15) is 65.0 Å². The first-order valence-electron chi connectivity index (χ1n) is 11.0. The van der Waals surface area contributed by atoms with E-state index in [1.807, 2.05) is 6.92 Å². The first-order valence-corrected chi connectivity index (χ1v) is 11.7. The Balaban J connectivity index is 2.00. The van der Waals surface area contributed by atoms with Gasteiger partial charge in [-0.05, 0) is 12.8 Å². The van der Waals surface area contributed by atoms with Gasteiger partial charge in [0.15, 0.2) is 0 Å². The van der Waals surface area contributed by atoms with E-state index in [9.17, 15) is 9.90 Å². The SMILES string of the molecule is CCCCCCOc1nsnc1C1=CCC[N+](C)([C@@H](C)OC(=O)[C@@H](N)[C@H](O)CC)C1. The summed E-state index contributed by atoms with van der Waals surface area (Å²) in [5, 5.41) is 9.83. The van der Waals surface area contributed by atoms with E-state index in [0.717, 1.165) is 48.8 Å². The number of carbonyl (C=O) groups excluding carboxylic acids is 1. The minimum Gasteiger partial charge on any atom is -0.475 e. The van der Waals surface area contributed by atoms with Crippen molar-refractivity contribution in [3.63, 3.8) is 0 Å². The lowest BCUT2D eigenvalue weighted by Crippen LogP contribution is -2.57. The second kappa shape index (κ2) is 11.7. The Morgan fingerprint density at radius 3 is 2.80 bits per heavy atom. The summed E-state index contributed by atoms with van der Waals surface area (Å²) in [6.45, 7) is 7.96. The van der Waals surface area contributed by atoms with E-state index in [4.69, 9.17) is 15.2 Å². The van der Waals surface area contributed by atoms with Crippen molar-refractivity contribution in [2.75, 3.05) is 26.7 Å². The van der Waals surface area contributed by atoms with Gasteiger partial charge >= 0.3 is 5.97 Å². The molecule has 0 aliphatic carbocycles. The lowest BCUT2D eigenvalue weighted by molar-refractivity contribution is -0.944. The molecule has 0 saturated heterocycles. The number of rotatable bonds is 12. The molecule has 4 atom stereocenters. The van der Waals surface area contributed by atoms with Crippen molar-refractivity contribution in [1.29, 1.82) is 0 Å². The number of ether oxygens (including phenoxy) is 2. The summed E-state index contributed by atoms with van der Waals surface area (Å²) >= 11 is 1.15. The van der Waals surface area contributed by atoms with Crippen LogP contribution in [-0.4, -0.2) is 69.4 Å². The first kappa shape index (κ1) is 24.7. The molecule has 1 aromatic heterocycles. The number of nitrogens with two attached hydrogens (primary N) is 1. The molecule has 2 heterocycles. The van der Waals surface area contributed by atoms with Crippen molar-refractivity contribution < 1.29 is 23.9 Å². The zero-order valence-electron chi connectivity index (χ0n) is 18.7. The molecule has 0 saturated carbocycles. The molecule has 0 amide bonds. The van der Waals surface area contributed by atoms with Crippen LogP contribution in [0, 0.1) is 0 Å². The molecule has 3 N–H and O–H groups in total. The van der Waals surface area contributed by atoms with Gasteiger partial charge in [-0.3, -0.25) is 9.28 Å². The van der Waals surface area contributed by atoms with Gasteiger partial charge in [0.2, 0.25) is 6.23 Å². The number of carbonyl (C=O) groups is 1. The molecule has 170 valence electrons. The van der Waals surface area contributed by atoms with Crippen molar-refractivity contribution >= 4 is 23.3 Å². The molecule has 0 aromatic carbocycles. The number of hydrogen-bond acceptors (Lipinski definition) is 8. The highest BCUT2D eigenvalue weighted by atomic mass is 32.1. The largest absolute Gasteiger partial charge is 0.475 e. The van der Waals surface area contributed by atoms with Crippen LogP contribution >= 0.6 is 11.7 Å². The first-order chi connectivity index (χ1) is 14.3. The monoisotopic (exact) mass is 441 g/mol. The van der Waals surface area contributed by atoms with Gasteiger partial charge in [0, 0.05) is 18.9 Å².